The van der Waals surface area contributed by atoms with Crippen molar-refractivity contribution in [2.75, 3.05) is 0 Å². The summed E-state index contributed by atoms with van der Waals surface area (Å²) in [4.78, 5) is 31.3. The third kappa shape index (κ3) is 3.52. The topological polar surface area (TPSA) is 70.5 Å². The molecule has 1 aromatic carbocycles. The van der Waals surface area contributed by atoms with E-state index < -0.39 is 17.7 Å². The van der Waals surface area contributed by atoms with Crippen molar-refractivity contribution in [2.24, 2.45) is 5.92 Å². The minimum absolute atomic E-state index is 0.138. The van der Waals surface area contributed by atoms with E-state index in [1.807, 2.05) is 56.3 Å². The van der Waals surface area contributed by atoms with Crippen LogP contribution in [0.5, 0.6) is 0 Å². The summed E-state index contributed by atoms with van der Waals surface area (Å²) in [5.41, 5.74) is 1.69. The predicted molar refractivity (Wildman–Crippen MR) is 98.1 cm³/mol. The molecule has 0 fully saturated rings. The zero-order valence-corrected chi connectivity index (χ0v) is 14.9. The molecule has 1 amide bonds. The third-order valence-corrected chi connectivity index (χ3v) is 4.37. The van der Waals surface area contributed by atoms with Crippen LogP contribution in [0.4, 0.5) is 0 Å². The molecule has 5 heteroatoms. The second kappa shape index (κ2) is 7.52. The Bertz CT molecular complexity index is 829. The molecule has 1 N–H and O–H groups in total. The van der Waals surface area contributed by atoms with Crippen molar-refractivity contribution in [1.82, 2.24) is 9.88 Å². The van der Waals surface area contributed by atoms with Gasteiger partial charge in [0.2, 0.25) is 0 Å². The molecule has 0 saturated heterocycles. The highest BCUT2D eigenvalue weighted by atomic mass is 16.3. The van der Waals surface area contributed by atoms with Crippen LogP contribution in [0.2, 0.25) is 0 Å². The first kappa shape index (κ1) is 17.9. The van der Waals surface area contributed by atoms with Crippen molar-refractivity contribution in [1.29, 1.82) is 0 Å². The molecule has 0 spiro atoms. The van der Waals surface area contributed by atoms with Crippen LogP contribution >= 0.6 is 0 Å². The molecule has 2 aromatic rings. The van der Waals surface area contributed by atoms with Gasteiger partial charge in [-0.2, -0.15) is 0 Å². The number of Topliss-reactive ketones (excluding diaryl/α,β-unsaturated/α-hetero) is 1. The van der Waals surface area contributed by atoms with Crippen LogP contribution in [0.3, 0.4) is 0 Å². The molecule has 0 bridgehead atoms. The monoisotopic (exact) mass is 350 g/mol. The number of benzene rings is 1. The van der Waals surface area contributed by atoms with Crippen LogP contribution in [0.15, 0.2) is 66.1 Å². The van der Waals surface area contributed by atoms with Gasteiger partial charge < -0.3 is 10.0 Å². The lowest BCUT2D eigenvalue weighted by Gasteiger charge is -2.26. The first-order valence-corrected chi connectivity index (χ1v) is 8.71. The second-order valence-electron chi connectivity index (χ2n) is 6.85. The van der Waals surface area contributed by atoms with E-state index in [1.54, 1.807) is 12.3 Å². The van der Waals surface area contributed by atoms with Gasteiger partial charge in [-0.25, -0.2) is 0 Å². The van der Waals surface area contributed by atoms with Gasteiger partial charge in [-0.1, -0.05) is 50.2 Å². The number of carbonyl (C=O) groups is 2. The SMILES string of the molecule is CC(C)CC(=O)C1=C(O)C(=O)N(Cc2ccccn2)C1c1ccccc1. The van der Waals surface area contributed by atoms with Crippen LogP contribution in [-0.4, -0.2) is 26.7 Å². The van der Waals surface area contributed by atoms with E-state index in [0.29, 0.717) is 5.69 Å². The molecule has 1 aliphatic heterocycles. The summed E-state index contributed by atoms with van der Waals surface area (Å²) in [5, 5.41) is 10.5. The van der Waals surface area contributed by atoms with Crippen LogP contribution in [0.25, 0.3) is 0 Å². The van der Waals surface area contributed by atoms with E-state index in [9.17, 15) is 14.7 Å². The van der Waals surface area contributed by atoms with Gasteiger partial charge in [-0.15, -0.1) is 0 Å². The van der Waals surface area contributed by atoms with Crippen molar-refractivity contribution < 1.29 is 14.7 Å². The number of pyridine rings is 1. The highest BCUT2D eigenvalue weighted by molar-refractivity contribution is 6.08. The Morgan fingerprint density at radius 2 is 1.85 bits per heavy atom. The summed E-state index contributed by atoms with van der Waals surface area (Å²) < 4.78 is 0. The van der Waals surface area contributed by atoms with Gasteiger partial charge in [0.1, 0.15) is 0 Å². The average Bonchev–Trinajstić information content (AvgIpc) is 2.88. The molecule has 2 heterocycles. The number of nitrogens with zero attached hydrogens (tertiary/aromatic N) is 2. The lowest BCUT2D eigenvalue weighted by atomic mass is 9.92. The second-order valence-corrected chi connectivity index (χ2v) is 6.85. The molecule has 0 radical (unpaired) electrons. The number of hydrogen-bond donors (Lipinski definition) is 1. The maximum atomic E-state index is 12.8. The molecule has 3 rings (SSSR count). The van der Waals surface area contributed by atoms with E-state index in [0.717, 1.165) is 5.56 Å². The number of aromatic nitrogens is 1. The van der Waals surface area contributed by atoms with Crippen LogP contribution < -0.4 is 0 Å². The predicted octanol–water partition coefficient (Wildman–Crippen LogP) is 3.59. The van der Waals surface area contributed by atoms with E-state index in [-0.39, 0.29) is 30.2 Å². The van der Waals surface area contributed by atoms with Crippen LogP contribution in [0, 0.1) is 5.92 Å². The van der Waals surface area contributed by atoms with Crippen LogP contribution in [0.1, 0.15) is 37.6 Å². The van der Waals surface area contributed by atoms with Crippen molar-refractivity contribution in [3.05, 3.63) is 77.3 Å². The smallest absolute Gasteiger partial charge is 0.290 e. The fourth-order valence-electron chi connectivity index (χ4n) is 3.23. The fraction of sp³-hybridized carbons (Fsp3) is 0.286. The summed E-state index contributed by atoms with van der Waals surface area (Å²) in [5.74, 6) is -1.03. The zero-order chi connectivity index (χ0) is 18.7. The Labute approximate surface area is 153 Å². The maximum absolute atomic E-state index is 12.8. The third-order valence-electron chi connectivity index (χ3n) is 4.37. The minimum Gasteiger partial charge on any atom is -0.503 e. The number of rotatable bonds is 6. The van der Waals surface area contributed by atoms with Gasteiger partial charge in [0.15, 0.2) is 11.5 Å². The maximum Gasteiger partial charge on any atom is 0.290 e. The van der Waals surface area contributed by atoms with Gasteiger partial charge in [0, 0.05) is 12.6 Å². The Balaban J connectivity index is 2.02. The molecule has 0 aliphatic carbocycles. The lowest BCUT2D eigenvalue weighted by molar-refractivity contribution is -0.130. The quantitative estimate of drug-likeness (QED) is 0.864. The molecule has 1 aliphatic rings. The van der Waals surface area contributed by atoms with E-state index in [4.69, 9.17) is 0 Å². The van der Waals surface area contributed by atoms with Gasteiger partial charge >= 0.3 is 0 Å². The standard InChI is InChI=1S/C21H22N2O3/c1-14(2)12-17(24)18-19(15-8-4-3-5-9-15)23(21(26)20(18)25)13-16-10-6-7-11-22-16/h3-11,14,19,25H,12-13H2,1-2H3. The summed E-state index contributed by atoms with van der Waals surface area (Å²) in [7, 11) is 0. The molecular weight excluding hydrogens is 328 g/mol. The number of carbonyl (C=O) groups excluding carboxylic acids is 2. The number of aliphatic hydroxyl groups is 1. The molecule has 1 atom stereocenters. The van der Waals surface area contributed by atoms with Gasteiger partial charge in [-0.3, -0.25) is 14.6 Å². The highest BCUT2D eigenvalue weighted by Gasteiger charge is 2.43. The Hall–Kier alpha value is -2.95. The molecule has 5 nitrogen and oxygen atoms in total. The molecule has 0 saturated carbocycles. The number of ketones is 1. The zero-order valence-electron chi connectivity index (χ0n) is 14.9. The molecule has 134 valence electrons. The molecule has 26 heavy (non-hydrogen) atoms. The van der Waals surface area contributed by atoms with Crippen molar-refractivity contribution in [3.8, 4) is 0 Å². The highest BCUT2D eigenvalue weighted by Crippen LogP contribution is 2.39. The van der Waals surface area contributed by atoms with Gasteiger partial charge in [0.25, 0.3) is 5.91 Å². The normalized spacial score (nSPS) is 17.3. The Morgan fingerprint density at radius 3 is 2.46 bits per heavy atom. The Morgan fingerprint density at radius 1 is 1.15 bits per heavy atom. The van der Waals surface area contributed by atoms with Crippen molar-refractivity contribution >= 4 is 11.7 Å². The van der Waals surface area contributed by atoms with E-state index in [1.165, 1.54) is 4.90 Å². The number of aliphatic hydroxyl groups excluding tert-OH is 1. The van der Waals surface area contributed by atoms with Gasteiger partial charge in [-0.05, 0) is 23.6 Å². The average molecular weight is 350 g/mol. The summed E-state index contributed by atoms with van der Waals surface area (Å²) >= 11 is 0. The van der Waals surface area contributed by atoms with Crippen molar-refractivity contribution in [3.63, 3.8) is 0 Å². The fourth-order valence-corrected chi connectivity index (χ4v) is 3.23. The number of amides is 1. The van der Waals surface area contributed by atoms with Crippen molar-refractivity contribution in [2.45, 2.75) is 32.9 Å². The molecular formula is C21H22N2O3. The van der Waals surface area contributed by atoms with E-state index in [2.05, 4.69) is 4.98 Å². The lowest BCUT2D eigenvalue weighted by Crippen LogP contribution is -2.31. The summed E-state index contributed by atoms with van der Waals surface area (Å²) in [6, 6.07) is 14.2. The first-order chi connectivity index (χ1) is 12.5. The molecule has 1 aromatic heterocycles. The summed E-state index contributed by atoms with van der Waals surface area (Å²) in [6.07, 6.45) is 1.94. The largest absolute Gasteiger partial charge is 0.503 e. The summed E-state index contributed by atoms with van der Waals surface area (Å²) in [6.45, 7) is 4.10. The number of hydrogen-bond acceptors (Lipinski definition) is 4. The van der Waals surface area contributed by atoms with Crippen LogP contribution in [-0.2, 0) is 16.1 Å². The van der Waals surface area contributed by atoms with E-state index >= 15 is 0 Å². The minimum atomic E-state index is -0.600. The Kier molecular flexibility index (Phi) is 5.16. The van der Waals surface area contributed by atoms with Gasteiger partial charge in [0.05, 0.1) is 23.9 Å². The first-order valence-electron chi connectivity index (χ1n) is 8.71. The molecule has 1 unspecified atom stereocenters.